The van der Waals surface area contributed by atoms with Crippen molar-refractivity contribution in [2.75, 3.05) is 13.8 Å². The first-order chi connectivity index (χ1) is 12.6. The summed E-state index contributed by atoms with van der Waals surface area (Å²) >= 11 is 0. The monoisotopic (exact) mass is 349 g/mol. The van der Waals surface area contributed by atoms with Crippen molar-refractivity contribution in [1.82, 2.24) is 10.3 Å². The standard InChI is InChI=1S/C20H19N3O3/c1-13-10-16(15-7-3-4-8-17(15)23-13)20(25)22-12-21-11-14-6-5-9-18(26-2)19(14)24/h3-11,24H,12H2,1-2H3,(H,22,25). The lowest BCUT2D eigenvalue weighted by molar-refractivity contribution is 0.0956. The molecule has 132 valence electrons. The van der Waals surface area contributed by atoms with E-state index in [-0.39, 0.29) is 18.3 Å². The first-order valence-electron chi connectivity index (χ1n) is 8.10. The van der Waals surface area contributed by atoms with Crippen LogP contribution in [0.15, 0.2) is 53.5 Å². The smallest absolute Gasteiger partial charge is 0.253 e. The lowest BCUT2D eigenvalue weighted by Gasteiger charge is -2.08. The molecule has 0 bridgehead atoms. The molecule has 3 rings (SSSR count). The number of hydrogen-bond donors (Lipinski definition) is 2. The van der Waals surface area contributed by atoms with Crippen LogP contribution in [-0.4, -0.2) is 36.0 Å². The van der Waals surface area contributed by atoms with Gasteiger partial charge in [-0.2, -0.15) is 0 Å². The molecule has 0 atom stereocenters. The van der Waals surface area contributed by atoms with Crippen molar-refractivity contribution >= 4 is 23.0 Å². The van der Waals surface area contributed by atoms with Crippen molar-refractivity contribution in [1.29, 1.82) is 0 Å². The average Bonchev–Trinajstić information content (AvgIpc) is 2.65. The Bertz CT molecular complexity index is 983. The number of phenols is 1. The molecule has 0 aliphatic heterocycles. The lowest BCUT2D eigenvalue weighted by atomic mass is 10.1. The molecule has 0 unspecified atom stereocenters. The van der Waals surface area contributed by atoms with Crippen LogP contribution in [-0.2, 0) is 0 Å². The number of nitrogens with one attached hydrogen (secondary N) is 1. The second-order valence-corrected chi connectivity index (χ2v) is 5.70. The molecule has 2 aromatic carbocycles. The number of aromatic nitrogens is 1. The van der Waals surface area contributed by atoms with Crippen LogP contribution in [0.25, 0.3) is 10.9 Å². The third-order valence-corrected chi connectivity index (χ3v) is 3.90. The fraction of sp³-hybridized carbons (Fsp3) is 0.150. The number of carbonyl (C=O) groups excluding carboxylic acids is 1. The number of methoxy groups -OCH3 is 1. The number of fused-ring (bicyclic) bond motifs is 1. The summed E-state index contributed by atoms with van der Waals surface area (Å²) in [5, 5.41) is 13.6. The van der Waals surface area contributed by atoms with Gasteiger partial charge in [-0.3, -0.25) is 14.8 Å². The van der Waals surface area contributed by atoms with Gasteiger partial charge in [0.25, 0.3) is 5.91 Å². The number of rotatable bonds is 5. The van der Waals surface area contributed by atoms with E-state index in [2.05, 4.69) is 15.3 Å². The van der Waals surface area contributed by atoms with Gasteiger partial charge >= 0.3 is 0 Å². The predicted octanol–water partition coefficient (Wildman–Crippen LogP) is 3.06. The van der Waals surface area contributed by atoms with Gasteiger partial charge in [0.2, 0.25) is 0 Å². The Labute approximate surface area is 151 Å². The summed E-state index contributed by atoms with van der Waals surface area (Å²) in [6.07, 6.45) is 1.49. The van der Waals surface area contributed by atoms with E-state index in [1.807, 2.05) is 31.2 Å². The van der Waals surface area contributed by atoms with E-state index in [4.69, 9.17) is 4.74 Å². The maximum atomic E-state index is 12.5. The zero-order valence-electron chi connectivity index (χ0n) is 14.6. The Morgan fingerprint density at radius 3 is 2.88 bits per heavy atom. The highest BCUT2D eigenvalue weighted by atomic mass is 16.5. The third kappa shape index (κ3) is 3.64. The molecule has 1 amide bonds. The summed E-state index contributed by atoms with van der Waals surface area (Å²) in [4.78, 5) is 21.1. The molecule has 0 spiro atoms. The van der Waals surface area contributed by atoms with Crippen molar-refractivity contribution in [2.24, 2.45) is 4.99 Å². The molecule has 26 heavy (non-hydrogen) atoms. The van der Waals surface area contributed by atoms with Gasteiger partial charge in [-0.1, -0.05) is 24.3 Å². The molecule has 0 fully saturated rings. The maximum Gasteiger partial charge on any atom is 0.253 e. The van der Waals surface area contributed by atoms with Gasteiger partial charge in [-0.15, -0.1) is 0 Å². The Hall–Kier alpha value is -3.41. The summed E-state index contributed by atoms with van der Waals surface area (Å²) < 4.78 is 5.05. The number of benzene rings is 2. The quantitative estimate of drug-likeness (QED) is 0.694. The summed E-state index contributed by atoms with van der Waals surface area (Å²) in [6.45, 7) is 1.94. The van der Waals surface area contributed by atoms with Crippen LogP contribution in [0, 0.1) is 6.92 Å². The molecule has 2 N–H and O–H groups in total. The number of para-hydroxylation sites is 2. The van der Waals surface area contributed by atoms with E-state index in [1.165, 1.54) is 13.3 Å². The van der Waals surface area contributed by atoms with Crippen LogP contribution in [0.1, 0.15) is 21.6 Å². The van der Waals surface area contributed by atoms with Crippen molar-refractivity contribution in [3.8, 4) is 11.5 Å². The Morgan fingerprint density at radius 2 is 2.08 bits per heavy atom. The van der Waals surface area contributed by atoms with E-state index < -0.39 is 0 Å². The zero-order valence-corrected chi connectivity index (χ0v) is 14.6. The van der Waals surface area contributed by atoms with Crippen LogP contribution >= 0.6 is 0 Å². The van der Waals surface area contributed by atoms with E-state index in [0.717, 1.165) is 16.6 Å². The molecule has 6 heteroatoms. The minimum Gasteiger partial charge on any atom is -0.504 e. The summed E-state index contributed by atoms with van der Waals surface area (Å²) in [5.41, 5.74) is 2.64. The molecular weight excluding hydrogens is 330 g/mol. The minimum atomic E-state index is -0.223. The van der Waals surface area contributed by atoms with Gasteiger partial charge in [0, 0.05) is 22.9 Å². The van der Waals surface area contributed by atoms with Gasteiger partial charge in [-0.05, 0) is 31.2 Å². The second kappa shape index (κ2) is 7.65. The number of aryl methyl sites for hydroxylation is 1. The fourth-order valence-electron chi connectivity index (χ4n) is 2.66. The van der Waals surface area contributed by atoms with Crippen LogP contribution in [0.2, 0.25) is 0 Å². The third-order valence-electron chi connectivity index (χ3n) is 3.90. The van der Waals surface area contributed by atoms with E-state index in [0.29, 0.717) is 16.9 Å². The molecule has 0 saturated heterocycles. The Morgan fingerprint density at radius 1 is 1.27 bits per heavy atom. The normalized spacial score (nSPS) is 11.0. The Kier molecular flexibility index (Phi) is 5.12. The molecule has 0 aliphatic carbocycles. The summed E-state index contributed by atoms with van der Waals surface area (Å²) in [7, 11) is 1.48. The molecule has 0 saturated carbocycles. The van der Waals surface area contributed by atoms with Crippen molar-refractivity contribution < 1.29 is 14.6 Å². The molecule has 1 aromatic heterocycles. The number of carbonyl (C=O) groups is 1. The first kappa shape index (κ1) is 17.4. The van der Waals surface area contributed by atoms with E-state index in [1.54, 1.807) is 24.3 Å². The van der Waals surface area contributed by atoms with Crippen molar-refractivity contribution in [3.63, 3.8) is 0 Å². The molecule has 0 aliphatic rings. The molecule has 1 heterocycles. The SMILES string of the molecule is COc1cccc(C=NCNC(=O)c2cc(C)nc3ccccc23)c1O. The first-order valence-corrected chi connectivity index (χ1v) is 8.10. The van der Waals surface area contributed by atoms with Crippen LogP contribution in [0.3, 0.4) is 0 Å². The van der Waals surface area contributed by atoms with Crippen molar-refractivity contribution in [2.45, 2.75) is 6.92 Å². The van der Waals surface area contributed by atoms with Crippen LogP contribution in [0.4, 0.5) is 0 Å². The number of nitrogens with zero attached hydrogens (tertiary/aromatic N) is 2. The predicted molar refractivity (Wildman–Crippen MR) is 101 cm³/mol. The van der Waals surface area contributed by atoms with Gasteiger partial charge < -0.3 is 15.2 Å². The van der Waals surface area contributed by atoms with E-state index >= 15 is 0 Å². The summed E-state index contributed by atoms with van der Waals surface area (Å²) in [5.74, 6) is 0.163. The summed E-state index contributed by atoms with van der Waals surface area (Å²) in [6, 6.07) is 14.4. The zero-order chi connectivity index (χ0) is 18.5. The highest BCUT2D eigenvalue weighted by molar-refractivity contribution is 6.06. The Balaban J connectivity index is 1.72. The van der Waals surface area contributed by atoms with Crippen LogP contribution < -0.4 is 10.1 Å². The number of hydrogen-bond acceptors (Lipinski definition) is 5. The number of pyridine rings is 1. The highest BCUT2D eigenvalue weighted by Gasteiger charge is 2.11. The second-order valence-electron chi connectivity index (χ2n) is 5.70. The minimum absolute atomic E-state index is 0.0147. The molecule has 6 nitrogen and oxygen atoms in total. The number of phenolic OH excluding ortho intramolecular Hbond substituents is 1. The molecule has 3 aromatic rings. The van der Waals surface area contributed by atoms with Gasteiger partial charge in [0.15, 0.2) is 11.5 Å². The topological polar surface area (TPSA) is 83.8 Å². The van der Waals surface area contributed by atoms with Crippen LogP contribution in [0.5, 0.6) is 11.5 Å². The average molecular weight is 349 g/mol. The number of amides is 1. The van der Waals surface area contributed by atoms with Gasteiger partial charge in [0.1, 0.15) is 6.67 Å². The van der Waals surface area contributed by atoms with Crippen molar-refractivity contribution in [3.05, 3.63) is 65.4 Å². The largest absolute Gasteiger partial charge is 0.504 e. The lowest BCUT2D eigenvalue weighted by Crippen LogP contribution is -2.24. The van der Waals surface area contributed by atoms with Gasteiger partial charge in [-0.25, -0.2) is 0 Å². The van der Waals surface area contributed by atoms with E-state index in [9.17, 15) is 9.90 Å². The maximum absolute atomic E-state index is 12.5. The molecular formula is C20H19N3O3. The molecule has 0 radical (unpaired) electrons. The number of ether oxygens (including phenoxy) is 1. The number of aliphatic imine (C=N–C) groups is 1. The fourth-order valence-corrected chi connectivity index (χ4v) is 2.66. The number of aromatic hydroxyl groups is 1. The highest BCUT2D eigenvalue weighted by Crippen LogP contribution is 2.27. The van der Waals surface area contributed by atoms with Gasteiger partial charge in [0.05, 0.1) is 18.2 Å².